The third-order valence-electron chi connectivity index (χ3n) is 2.85. The minimum Gasteiger partial charge on any atom is -0.300 e. The molecule has 0 N–H and O–H groups in total. The smallest absolute Gasteiger partial charge is 0.00701 e. The second-order valence-corrected chi connectivity index (χ2v) is 3.59. The zero-order valence-electron chi connectivity index (χ0n) is 6.14. The molecule has 0 saturated carbocycles. The van der Waals surface area contributed by atoms with E-state index in [2.05, 4.69) is 11.8 Å². The molecule has 0 spiro atoms. The van der Waals surface area contributed by atoms with Crippen LogP contribution in [0.4, 0.5) is 0 Å². The van der Waals surface area contributed by atoms with E-state index in [1.54, 1.807) is 0 Å². The van der Waals surface area contributed by atoms with Gasteiger partial charge in [0.2, 0.25) is 0 Å². The van der Waals surface area contributed by atoms with Crippen LogP contribution in [-0.4, -0.2) is 24.0 Å². The SMILES string of the molecule is CC1CC2CCCN1C2. The van der Waals surface area contributed by atoms with E-state index in [1.807, 2.05) is 0 Å². The Morgan fingerprint density at radius 3 is 3.00 bits per heavy atom. The molecule has 0 aromatic heterocycles. The summed E-state index contributed by atoms with van der Waals surface area (Å²) < 4.78 is 0. The Bertz CT molecular complexity index is 109. The summed E-state index contributed by atoms with van der Waals surface area (Å²) in [6, 6.07) is 0.900. The molecule has 0 aromatic carbocycles. The molecule has 52 valence electrons. The van der Waals surface area contributed by atoms with Crippen LogP contribution in [0.3, 0.4) is 0 Å². The summed E-state index contributed by atoms with van der Waals surface area (Å²) in [5, 5.41) is 0. The van der Waals surface area contributed by atoms with Crippen molar-refractivity contribution in [3.05, 3.63) is 0 Å². The van der Waals surface area contributed by atoms with Crippen molar-refractivity contribution in [2.45, 2.75) is 32.2 Å². The van der Waals surface area contributed by atoms with E-state index in [0.717, 1.165) is 12.0 Å². The molecule has 2 bridgehead atoms. The fourth-order valence-corrected chi connectivity index (χ4v) is 2.32. The maximum absolute atomic E-state index is 2.63. The van der Waals surface area contributed by atoms with E-state index in [-0.39, 0.29) is 0 Å². The lowest BCUT2D eigenvalue weighted by molar-refractivity contribution is 0.231. The van der Waals surface area contributed by atoms with Gasteiger partial charge in [0, 0.05) is 12.6 Å². The number of fused-ring (bicyclic) bond motifs is 2. The van der Waals surface area contributed by atoms with E-state index in [0.29, 0.717) is 0 Å². The molecule has 2 aliphatic rings. The summed E-state index contributed by atoms with van der Waals surface area (Å²) in [5.74, 6) is 1.06. The number of piperidine rings is 1. The minimum absolute atomic E-state index is 0.900. The van der Waals surface area contributed by atoms with Crippen molar-refractivity contribution in [3.63, 3.8) is 0 Å². The Labute approximate surface area is 57.0 Å². The predicted octanol–water partition coefficient (Wildman–Crippen LogP) is 1.49. The number of hydrogen-bond donors (Lipinski definition) is 0. The van der Waals surface area contributed by atoms with Gasteiger partial charge in [-0.15, -0.1) is 0 Å². The minimum atomic E-state index is 0.900. The molecule has 1 heteroatoms. The van der Waals surface area contributed by atoms with Gasteiger partial charge in [-0.05, 0) is 38.6 Å². The Balaban J connectivity index is 2.07. The van der Waals surface area contributed by atoms with Gasteiger partial charge in [0.15, 0.2) is 0 Å². The molecule has 1 nitrogen and oxygen atoms in total. The van der Waals surface area contributed by atoms with Crippen molar-refractivity contribution >= 4 is 0 Å². The monoisotopic (exact) mass is 125 g/mol. The summed E-state index contributed by atoms with van der Waals surface area (Å²) in [7, 11) is 0. The summed E-state index contributed by atoms with van der Waals surface area (Å²) in [5.41, 5.74) is 0. The molecule has 0 radical (unpaired) electrons. The second-order valence-electron chi connectivity index (χ2n) is 3.59. The van der Waals surface area contributed by atoms with Crippen LogP contribution in [-0.2, 0) is 0 Å². The quantitative estimate of drug-likeness (QED) is 0.474. The van der Waals surface area contributed by atoms with Gasteiger partial charge in [0.1, 0.15) is 0 Å². The number of rotatable bonds is 0. The van der Waals surface area contributed by atoms with E-state index >= 15 is 0 Å². The molecule has 2 fully saturated rings. The van der Waals surface area contributed by atoms with Crippen molar-refractivity contribution in [1.29, 1.82) is 0 Å². The van der Waals surface area contributed by atoms with Crippen LogP contribution < -0.4 is 0 Å². The van der Waals surface area contributed by atoms with Crippen molar-refractivity contribution in [2.75, 3.05) is 13.1 Å². The number of hydrogen-bond acceptors (Lipinski definition) is 1. The van der Waals surface area contributed by atoms with Crippen molar-refractivity contribution in [1.82, 2.24) is 4.90 Å². The lowest BCUT2D eigenvalue weighted by Crippen LogP contribution is -2.30. The fourth-order valence-electron chi connectivity index (χ4n) is 2.32. The molecule has 0 amide bonds. The standard InChI is InChI=1S/C8H15N/c1-7-5-8-3-2-4-9(7)6-8/h7-8H,2-6H2,1H3. The van der Waals surface area contributed by atoms with Gasteiger partial charge in [-0.1, -0.05) is 0 Å². The third-order valence-corrected chi connectivity index (χ3v) is 2.85. The van der Waals surface area contributed by atoms with Gasteiger partial charge in [0.25, 0.3) is 0 Å². The first-order chi connectivity index (χ1) is 4.36. The first-order valence-corrected chi connectivity index (χ1v) is 4.10. The highest BCUT2D eigenvalue weighted by Gasteiger charge is 2.31. The normalized spacial score (nSPS) is 49.7. The summed E-state index contributed by atoms with van der Waals surface area (Å²) in [4.78, 5) is 2.63. The molecule has 0 aromatic rings. The highest BCUT2D eigenvalue weighted by molar-refractivity contribution is 4.86. The maximum atomic E-state index is 2.63. The van der Waals surface area contributed by atoms with Crippen LogP contribution in [0.2, 0.25) is 0 Å². The predicted molar refractivity (Wildman–Crippen MR) is 38.4 cm³/mol. The van der Waals surface area contributed by atoms with Crippen molar-refractivity contribution in [2.24, 2.45) is 5.92 Å². The molecule has 9 heavy (non-hydrogen) atoms. The lowest BCUT2D eigenvalue weighted by Gasteiger charge is -2.23. The van der Waals surface area contributed by atoms with Gasteiger partial charge >= 0.3 is 0 Å². The molecule has 2 heterocycles. The first-order valence-electron chi connectivity index (χ1n) is 4.10. The largest absolute Gasteiger partial charge is 0.300 e. The lowest BCUT2D eigenvalue weighted by atomic mass is 10.0. The van der Waals surface area contributed by atoms with Crippen molar-refractivity contribution < 1.29 is 0 Å². The number of nitrogens with zero attached hydrogens (tertiary/aromatic N) is 1. The van der Waals surface area contributed by atoms with Gasteiger partial charge in [-0.2, -0.15) is 0 Å². The molecule has 2 saturated heterocycles. The van der Waals surface area contributed by atoms with Gasteiger partial charge in [0.05, 0.1) is 0 Å². The van der Waals surface area contributed by atoms with Gasteiger partial charge < -0.3 is 4.90 Å². The fraction of sp³-hybridized carbons (Fsp3) is 1.00. The Morgan fingerprint density at radius 1 is 1.44 bits per heavy atom. The maximum Gasteiger partial charge on any atom is 0.00701 e. The zero-order valence-corrected chi connectivity index (χ0v) is 6.14. The van der Waals surface area contributed by atoms with Gasteiger partial charge in [-0.25, -0.2) is 0 Å². The molecule has 2 rings (SSSR count). The van der Waals surface area contributed by atoms with Crippen LogP contribution >= 0.6 is 0 Å². The Morgan fingerprint density at radius 2 is 2.33 bits per heavy atom. The van der Waals surface area contributed by atoms with E-state index < -0.39 is 0 Å². The average molecular weight is 125 g/mol. The van der Waals surface area contributed by atoms with E-state index in [9.17, 15) is 0 Å². The molecule has 3 unspecified atom stereocenters. The van der Waals surface area contributed by atoms with Crippen LogP contribution in [0.5, 0.6) is 0 Å². The summed E-state index contributed by atoms with van der Waals surface area (Å²) in [6.45, 7) is 5.14. The summed E-state index contributed by atoms with van der Waals surface area (Å²) in [6.07, 6.45) is 4.43. The highest BCUT2D eigenvalue weighted by atomic mass is 15.2. The molecule has 3 atom stereocenters. The van der Waals surface area contributed by atoms with Crippen LogP contribution in [0.1, 0.15) is 26.2 Å². The van der Waals surface area contributed by atoms with E-state index in [4.69, 9.17) is 0 Å². The molecule has 2 aliphatic heterocycles. The van der Waals surface area contributed by atoms with E-state index in [1.165, 1.54) is 32.4 Å². The molecular formula is C8H15N. The van der Waals surface area contributed by atoms with Crippen LogP contribution in [0, 0.1) is 5.92 Å². The van der Waals surface area contributed by atoms with Gasteiger partial charge in [-0.3, -0.25) is 0 Å². The topological polar surface area (TPSA) is 3.24 Å². The second kappa shape index (κ2) is 1.98. The van der Waals surface area contributed by atoms with Crippen LogP contribution in [0.25, 0.3) is 0 Å². The van der Waals surface area contributed by atoms with Crippen molar-refractivity contribution in [3.8, 4) is 0 Å². The molecule has 0 aliphatic carbocycles. The molecular weight excluding hydrogens is 110 g/mol. The third kappa shape index (κ3) is 0.877. The average Bonchev–Trinajstić information content (AvgIpc) is 2.09. The Hall–Kier alpha value is -0.0400. The summed E-state index contributed by atoms with van der Waals surface area (Å²) >= 11 is 0. The van der Waals surface area contributed by atoms with Crippen LogP contribution in [0.15, 0.2) is 0 Å². The zero-order chi connectivity index (χ0) is 6.27. The highest BCUT2D eigenvalue weighted by Crippen LogP contribution is 2.30. The Kier molecular flexibility index (Phi) is 1.26. The first kappa shape index (κ1) is 5.72.